The lowest BCUT2D eigenvalue weighted by molar-refractivity contribution is -0.390. The Hall–Kier alpha value is -2.66. The van der Waals surface area contributed by atoms with Gasteiger partial charge < -0.3 is 8.83 Å². The van der Waals surface area contributed by atoms with Gasteiger partial charge in [0.1, 0.15) is 10.7 Å². The molecule has 0 spiro atoms. The van der Waals surface area contributed by atoms with Crippen LogP contribution >= 0.6 is 11.8 Å². The summed E-state index contributed by atoms with van der Waals surface area (Å²) in [7, 11) is -3.76. The van der Waals surface area contributed by atoms with Crippen LogP contribution in [-0.2, 0) is 9.84 Å². The van der Waals surface area contributed by atoms with Gasteiger partial charge in [0.2, 0.25) is 0 Å². The number of para-hydroxylation sites is 1. The van der Waals surface area contributed by atoms with Crippen LogP contribution in [0.2, 0.25) is 0 Å². The standard InChI is InChI=1S/C14H11N3O6S2/c1-8-9(6-7-22-8)13-15-16-14(23-13)24-10-4-3-5-11(25(2,20)21)12(10)17(18)19/h3-7H,1-2H3. The lowest BCUT2D eigenvalue weighted by atomic mass is 10.3. The Morgan fingerprint density at radius 3 is 2.60 bits per heavy atom. The second kappa shape index (κ2) is 6.33. The molecule has 0 aliphatic heterocycles. The van der Waals surface area contributed by atoms with Gasteiger partial charge in [-0.05, 0) is 36.9 Å². The fourth-order valence-corrected chi connectivity index (χ4v) is 3.87. The molecule has 9 nitrogen and oxygen atoms in total. The fraction of sp³-hybridized carbons (Fsp3) is 0.143. The van der Waals surface area contributed by atoms with E-state index in [2.05, 4.69) is 10.2 Å². The van der Waals surface area contributed by atoms with E-state index in [9.17, 15) is 18.5 Å². The summed E-state index contributed by atoms with van der Waals surface area (Å²) < 4.78 is 34.2. The molecule has 25 heavy (non-hydrogen) atoms. The Balaban J connectivity index is 2.01. The summed E-state index contributed by atoms with van der Waals surface area (Å²) in [5, 5.41) is 19.1. The first kappa shape index (κ1) is 17.2. The van der Waals surface area contributed by atoms with Crippen molar-refractivity contribution in [2.45, 2.75) is 21.9 Å². The monoisotopic (exact) mass is 381 g/mol. The van der Waals surface area contributed by atoms with E-state index < -0.39 is 20.4 Å². The quantitative estimate of drug-likeness (QED) is 0.483. The topological polar surface area (TPSA) is 129 Å². The highest BCUT2D eigenvalue weighted by Gasteiger charge is 2.27. The van der Waals surface area contributed by atoms with Crippen molar-refractivity contribution in [2.75, 3.05) is 6.26 Å². The van der Waals surface area contributed by atoms with Crippen molar-refractivity contribution in [3.8, 4) is 11.5 Å². The van der Waals surface area contributed by atoms with Gasteiger partial charge in [-0.3, -0.25) is 10.1 Å². The lowest BCUT2D eigenvalue weighted by Crippen LogP contribution is -2.03. The molecule has 0 radical (unpaired) electrons. The fourth-order valence-electron chi connectivity index (χ4n) is 2.12. The minimum atomic E-state index is -3.76. The van der Waals surface area contributed by atoms with Crippen LogP contribution in [0.25, 0.3) is 11.5 Å². The van der Waals surface area contributed by atoms with Crippen molar-refractivity contribution < 1.29 is 22.2 Å². The van der Waals surface area contributed by atoms with E-state index in [1.54, 1.807) is 13.0 Å². The molecular weight excluding hydrogens is 370 g/mol. The first-order chi connectivity index (χ1) is 11.8. The number of hydrogen-bond acceptors (Lipinski definition) is 9. The molecular formula is C14H11N3O6S2. The molecule has 0 atom stereocenters. The third-order valence-corrected chi connectivity index (χ3v) is 5.25. The summed E-state index contributed by atoms with van der Waals surface area (Å²) in [5.74, 6) is 0.793. The average molecular weight is 381 g/mol. The van der Waals surface area contributed by atoms with Crippen molar-refractivity contribution in [3.05, 3.63) is 46.4 Å². The van der Waals surface area contributed by atoms with Gasteiger partial charge in [0.05, 0.1) is 21.6 Å². The van der Waals surface area contributed by atoms with Gasteiger partial charge >= 0.3 is 5.69 Å². The number of nitro groups is 1. The van der Waals surface area contributed by atoms with Gasteiger partial charge in [0.25, 0.3) is 11.1 Å². The van der Waals surface area contributed by atoms with Crippen LogP contribution in [0, 0.1) is 17.0 Å². The minimum Gasteiger partial charge on any atom is -0.469 e. The third kappa shape index (κ3) is 3.42. The Morgan fingerprint density at radius 2 is 2.00 bits per heavy atom. The second-order valence-electron chi connectivity index (χ2n) is 5.00. The Bertz CT molecular complexity index is 1050. The predicted molar refractivity (Wildman–Crippen MR) is 87.1 cm³/mol. The molecule has 0 aliphatic carbocycles. The largest absolute Gasteiger partial charge is 0.469 e. The highest BCUT2D eigenvalue weighted by molar-refractivity contribution is 7.99. The summed E-state index contributed by atoms with van der Waals surface area (Å²) in [6.07, 6.45) is 2.39. The molecule has 3 rings (SSSR count). The van der Waals surface area contributed by atoms with Crippen molar-refractivity contribution in [1.29, 1.82) is 0 Å². The number of nitro benzene ring substituents is 1. The summed E-state index contributed by atoms with van der Waals surface area (Å²) in [5.41, 5.74) is 0.0907. The number of hydrogen-bond donors (Lipinski definition) is 0. The van der Waals surface area contributed by atoms with E-state index >= 15 is 0 Å². The predicted octanol–water partition coefficient (Wildman–Crippen LogP) is 3.10. The van der Waals surface area contributed by atoms with Crippen LogP contribution in [0.15, 0.2) is 54.4 Å². The zero-order valence-electron chi connectivity index (χ0n) is 13.0. The second-order valence-corrected chi connectivity index (χ2v) is 7.98. The van der Waals surface area contributed by atoms with Crippen LogP contribution < -0.4 is 0 Å². The summed E-state index contributed by atoms with van der Waals surface area (Å²) in [6, 6.07) is 5.68. The maximum Gasteiger partial charge on any atom is 0.301 e. The van der Waals surface area contributed by atoms with Crippen molar-refractivity contribution >= 4 is 27.3 Å². The first-order valence-electron chi connectivity index (χ1n) is 6.80. The van der Waals surface area contributed by atoms with Gasteiger partial charge in [-0.1, -0.05) is 6.07 Å². The molecule has 0 bridgehead atoms. The van der Waals surface area contributed by atoms with Crippen molar-refractivity contribution in [2.24, 2.45) is 0 Å². The number of benzene rings is 1. The number of sulfone groups is 1. The van der Waals surface area contributed by atoms with E-state index in [1.165, 1.54) is 24.5 Å². The zero-order valence-corrected chi connectivity index (χ0v) is 14.6. The highest BCUT2D eigenvalue weighted by atomic mass is 32.2. The van der Waals surface area contributed by atoms with Crippen LogP contribution in [-0.4, -0.2) is 29.8 Å². The van der Waals surface area contributed by atoms with Gasteiger partial charge in [-0.25, -0.2) is 8.42 Å². The van der Waals surface area contributed by atoms with Gasteiger partial charge in [-0.15, -0.1) is 10.2 Å². The normalized spacial score (nSPS) is 11.6. The van der Waals surface area contributed by atoms with Crippen molar-refractivity contribution in [3.63, 3.8) is 0 Å². The molecule has 0 amide bonds. The average Bonchev–Trinajstić information content (AvgIpc) is 3.14. The molecule has 0 saturated heterocycles. The van der Waals surface area contributed by atoms with Crippen LogP contribution in [0.4, 0.5) is 5.69 Å². The van der Waals surface area contributed by atoms with Crippen LogP contribution in [0.3, 0.4) is 0 Å². The number of nitrogens with zero attached hydrogens (tertiary/aromatic N) is 3. The SMILES string of the molecule is Cc1occc1-c1nnc(Sc2cccc(S(C)(=O)=O)c2[N+](=O)[O-])o1. The summed E-state index contributed by atoms with van der Waals surface area (Å²) in [6.45, 7) is 1.73. The molecule has 3 aromatic rings. The smallest absolute Gasteiger partial charge is 0.301 e. The minimum absolute atomic E-state index is 0.0457. The Morgan fingerprint density at radius 1 is 1.24 bits per heavy atom. The number of rotatable bonds is 5. The lowest BCUT2D eigenvalue weighted by Gasteiger charge is -2.04. The molecule has 0 N–H and O–H groups in total. The van der Waals surface area contributed by atoms with Gasteiger partial charge in [-0.2, -0.15) is 0 Å². The third-order valence-electron chi connectivity index (χ3n) is 3.24. The number of furan rings is 1. The Kier molecular flexibility index (Phi) is 4.35. The first-order valence-corrected chi connectivity index (χ1v) is 9.51. The zero-order chi connectivity index (χ0) is 18.2. The molecule has 0 fully saturated rings. The van der Waals surface area contributed by atoms with Gasteiger partial charge in [0.15, 0.2) is 9.84 Å². The number of aromatic nitrogens is 2. The van der Waals surface area contributed by atoms with Crippen LogP contribution in [0.5, 0.6) is 0 Å². The molecule has 0 saturated carbocycles. The molecule has 2 heterocycles. The van der Waals surface area contributed by atoms with Crippen molar-refractivity contribution in [1.82, 2.24) is 10.2 Å². The summed E-state index contributed by atoms with van der Waals surface area (Å²) in [4.78, 5) is 10.3. The van der Waals surface area contributed by atoms with E-state index in [0.717, 1.165) is 18.0 Å². The summed E-state index contributed by atoms with van der Waals surface area (Å²) >= 11 is 0.820. The van der Waals surface area contributed by atoms with Gasteiger partial charge in [0, 0.05) is 6.26 Å². The molecule has 0 unspecified atom stereocenters. The van der Waals surface area contributed by atoms with E-state index in [-0.39, 0.29) is 20.9 Å². The number of aryl methyl sites for hydroxylation is 1. The molecule has 1 aromatic carbocycles. The maximum absolute atomic E-state index is 11.8. The maximum atomic E-state index is 11.8. The van der Waals surface area contributed by atoms with Crippen LogP contribution in [0.1, 0.15) is 5.76 Å². The van der Waals surface area contributed by atoms with E-state index in [1.807, 2.05) is 0 Å². The van der Waals surface area contributed by atoms with E-state index in [4.69, 9.17) is 8.83 Å². The molecule has 130 valence electrons. The van der Waals surface area contributed by atoms with E-state index in [0.29, 0.717) is 11.3 Å². The molecule has 11 heteroatoms. The highest BCUT2D eigenvalue weighted by Crippen LogP contribution is 2.39. The molecule has 2 aromatic heterocycles. The Labute approximate surface area is 146 Å². The molecule has 0 aliphatic rings.